The topological polar surface area (TPSA) is 0 Å². The van der Waals surface area contributed by atoms with Crippen molar-refractivity contribution in [3.63, 3.8) is 0 Å². The summed E-state index contributed by atoms with van der Waals surface area (Å²) in [6.45, 7) is 0. The van der Waals surface area contributed by atoms with Crippen LogP contribution in [-0.2, 0) is 0 Å². The summed E-state index contributed by atoms with van der Waals surface area (Å²) in [4.78, 5) is 0. The molecule has 1 rings (SSSR count). The van der Waals surface area contributed by atoms with Gasteiger partial charge in [0.2, 0.25) is 0 Å². The minimum Gasteiger partial charge on any atom is -0.130 e. The first-order chi connectivity index (χ1) is 4.80. The fourth-order valence-electron chi connectivity index (χ4n) is 0.918. The van der Waals surface area contributed by atoms with Crippen LogP contribution in [0.3, 0.4) is 0 Å². The standard InChI is InChI=1S/C8H10Cl2/c9-7-5-3-1-2-4-6-8(7)10/h1,4,7-8H,3,5-6H2. The molecule has 2 heteroatoms. The molecule has 0 N–H and O–H groups in total. The van der Waals surface area contributed by atoms with Gasteiger partial charge in [-0.15, -0.1) is 28.9 Å². The van der Waals surface area contributed by atoms with Crippen LogP contribution in [0, 0.1) is 0 Å². The van der Waals surface area contributed by atoms with Crippen molar-refractivity contribution in [2.75, 3.05) is 0 Å². The summed E-state index contributed by atoms with van der Waals surface area (Å²) in [5, 5.41) is 0.208. The summed E-state index contributed by atoms with van der Waals surface area (Å²) < 4.78 is 0. The summed E-state index contributed by atoms with van der Waals surface area (Å²) in [6, 6.07) is 0. The van der Waals surface area contributed by atoms with E-state index < -0.39 is 0 Å². The third kappa shape index (κ3) is 2.38. The molecule has 1 aliphatic rings. The van der Waals surface area contributed by atoms with Crippen molar-refractivity contribution in [2.45, 2.75) is 30.0 Å². The van der Waals surface area contributed by atoms with Crippen molar-refractivity contribution >= 4 is 23.2 Å². The maximum Gasteiger partial charge on any atom is 0.0540 e. The molecule has 0 heterocycles. The Kier molecular flexibility index (Phi) is 3.34. The number of hydrogen-bond donors (Lipinski definition) is 0. The van der Waals surface area contributed by atoms with E-state index in [1.54, 1.807) is 0 Å². The van der Waals surface area contributed by atoms with Gasteiger partial charge in [0.15, 0.2) is 0 Å². The lowest BCUT2D eigenvalue weighted by molar-refractivity contribution is 0.708. The summed E-state index contributed by atoms with van der Waals surface area (Å²) in [7, 11) is 0. The molecule has 0 aromatic carbocycles. The molecule has 0 aliphatic heterocycles. The Morgan fingerprint density at radius 3 is 2.80 bits per heavy atom. The Morgan fingerprint density at radius 2 is 2.00 bits per heavy atom. The van der Waals surface area contributed by atoms with Gasteiger partial charge in [0, 0.05) is 0 Å². The predicted molar refractivity (Wildman–Crippen MR) is 45.8 cm³/mol. The molecular formula is C8H10Cl2. The molecule has 56 valence electrons. The van der Waals surface area contributed by atoms with Gasteiger partial charge in [0.1, 0.15) is 0 Å². The highest BCUT2D eigenvalue weighted by atomic mass is 35.5. The minimum atomic E-state index is 0.0860. The first-order valence-electron chi connectivity index (χ1n) is 3.48. The molecular weight excluding hydrogens is 167 g/mol. The smallest absolute Gasteiger partial charge is 0.0540 e. The van der Waals surface area contributed by atoms with Gasteiger partial charge in [0.25, 0.3) is 0 Å². The van der Waals surface area contributed by atoms with Crippen LogP contribution in [0.5, 0.6) is 0 Å². The highest BCUT2D eigenvalue weighted by molar-refractivity contribution is 6.30. The molecule has 0 bridgehead atoms. The zero-order valence-electron chi connectivity index (χ0n) is 5.69. The quantitative estimate of drug-likeness (QED) is 0.394. The monoisotopic (exact) mass is 176 g/mol. The van der Waals surface area contributed by atoms with Crippen molar-refractivity contribution in [3.05, 3.63) is 17.9 Å². The van der Waals surface area contributed by atoms with Crippen LogP contribution in [0.15, 0.2) is 17.9 Å². The molecule has 0 saturated heterocycles. The number of halogens is 2. The van der Waals surface area contributed by atoms with Crippen LogP contribution >= 0.6 is 23.2 Å². The predicted octanol–water partition coefficient (Wildman–Crippen LogP) is 3.10. The fraction of sp³-hybridized carbons (Fsp3) is 0.625. The second-order valence-corrected chi connectivity index (χ2v) is 3.54. The molecule has 0 fully saturated rings. The summed E-state index contributed by atoms with van der Waals surface area (Å²) >= 11 is 11.9. The molecule has 10 heavy (non-hydrogen) atoms. The van der Waals surface area contributed by atoms with Crippen LogP contribution in [0.2, 0.25) is 0 Å². The van der Waals surface area contributed by atoms with Crippen LogP contribution < -0.4 is 0 Å². The summed E-state index contributed by atoms with van der Waals surface area (Å²) in [5.74, 6) is 0. The van der Waals surface area contributed by atoms with Gasteiger partial charge in [-0.25, -0.2) is 0 Å². The van der Waals surface area contributed by atoms with Gasteiger partial charge in [-0.05, 0) is 31.4 Å². The lowest BCUT2D eigenvalue weighted by Crippen LogP contribution is -2.14. The van der Waals surface area contributed by atoms with Gasteiger partial charge < -0.3 is 0 Å². The molecule has 2 atom stereocenters. The molecule has 0 nitrogen and oxygen atoms in total. The maximum atomic E-state index is 5.94. The lowest BCUT2D eigenvalue weighted by atomic mass is 10.1. The van der Waals surface area contributed by atoms with E-state index in [0.29, 0.717) is 0 Å². The molecule has 0 spiro atoms. The van der Waals surface area contributed by atoms with Crippen LogP contribution in [0.1, 0.15) is 19.3 Å². The highest BCUT2D eigenvalue weighted by Gasteiger charge is 2.14. The number of alkyl halides is 2. The van der Waals surface area contributed by atoms with Crippen LogP contribution in [0.25, 0.3) is 0 Å². The van der Waals surface area contributed by atoms with Gasteiger partial charge in [0.05, 0.1) is 10.8 Å². The zero-order valence-corrected chi connectivity index (χ0v) is 7.20. The highest BCUT2D eigenvalue weighted by Crippen LogP contribution is 2.20. The first-order valence-corrected chi connectivity index (χ1v) is 4.35. The van der Waals surface area contributed by atoms with E-state index >= 15 is 0 Å². The van der Waals surface area contributed by atoms with Gasteiger partial charge >= 0.3 is 0 Å². The Morgan fingerprint density at radius 1 is 1.20 bits per heavy atom. The van der Waals surface area contributed by atoms with E-state index in [-0.39, 0.29) is 10.8 Å². The molecule has 0 amide bonds. The Labute approximate surface area is 71.5 Å². The number of rotatable bonds is 0. The van der Waals surface area contributed by atoms with Crippen LogP contribution in [-0.4, -0.2) is 10.8 Å². The van der Waals surface area contributed by atoms with Gasteiger partial charge in [-0.2, -0.15) is 0 Å². The van der Waals surface area contributed by atoms with E-state index in [2.05, 4.69) is 5.73 Å². The fourth-order valence-corrected chi connectivity index (χ4v) is 1.36. The lowest BCUT2D eigenvalue weighted by Gasteiger charge is -2.13. The molecule has 2 unspecified atom stereocenters. The third-order valence-corrected chi connectivity index (χ3v) is 2.69. The minimum absolute atomic E-state index is 0.0860. The second-order valence-electron chi connectivity index (χ2n) is 2.42. The van der Waals surface area contributed by atoms with E-state index in [9.17, 15) is 0 Å². The molecule has 0 saturated carbocycles. The van der Waals surface area contributed by atoms with Crippen molar-refractivity contribution in [1.29, 1.82) is 0 Å². The summed E-state index contributed by atoms with van der Waals surface area (Å²) in [6.07, 6.45) is 6.76. The first kappa shape index (κ1) is 8.20. The zero-order chi connectivity index (χ0) is 7.40. The van der Waals surface area contributed by atoms with Crippen molar-refractivity contribution in [2.24, 2.45) is 0 Å². The normalized spacial score (nSPS) is 33.4. The Bertz CT molecular complexity index is 157. The third-order valence-electron chi connectivity index (χ3n) is 1.56. The number of hydrogen-bond acceptors (Lipinski definition) is 0. The van der Waals surface area contributed by atoms with Gasteiger partial charge in [-0.1, -0.05) is 0 Å². The largest absolute Gasteiger partial charge is 0.130 e. The van der Waals surface area contributed by atoms with E-state index in [4.69, 9.17) is 23.2 Å². The van der Waals surface area contributed by atoms with Crippen molar-refractivity contribution in [3.8, 4) is 0 Å². The van der Waals surface area contributed by atoms with Gasteiger partial charge in [-0.3, -0.25) is 0 Å². The van der Waals surface area contributed by atoms with E-state index in [1.807, 2.05) is 12.2 Å². The molecule has 0 aromatic rings. The second kappa shape index (κ2) is 4.08. The average Bonchev–Trinajstić information content (AvgIpc) is 1.92. The van der Waals surface area contributed by atoms with E-state index in [0.717, 1.165) is 19.3 Å². The van der Waals surface area contributed by atoms with Crippen LogP contribution in [0.4, 0.5) is 0 Å². The SMILES string of the molecule is ClC1CC=C=CCCC1Cl. The average molecular weight is 177 g/mol. The molecule has 0 aromatic heterocycles. The summed E-state index contributed by atoms with van der Waals surface area (Å²) in [5.41, 5.74) is 3.05. The Balaban J connectivity index is 2.53. The van der Waals surface area contributed by atoms with E-state index in [1.165, 1.54) is 0 Å². The van der Waals surface area contributed by atoms with Crippen molar-refractivity contribution in [1.82, 2.24) is 0 Å². The maximum absolute atomic E-state index is 5.94. The van der Waals surface area contributed by atoms with Crippen molar-refractivity contribution < 1.29 is 0 Å². The molecule has 0 radical (unpaired) electrons. The molecule has 1 aliphatic carbocycles. The Hall–Kier alpha value is 0.1000. The number of allylic oxidation sites excluding steroid dienone is 1.